The van der Waals surface area contributed by atoms with E-state index in [2.05, 4.69) is 167 Å². The molecule has 8 aromatic carbocycles. The number of hydrogen-bond acceptors (Lipinski definition) is 3. The fraction of sp³-hybridized carbons (Fsp3) is 0. The van der Waals surface area contributed by atoms with E-state index < -0.39 is 0 Å². The van der Waals surface area contributed by atoms with Gasteiger partial charge in [-0.1, -0.05) is 127 Å². The van der Waals surface area contributed by atoms with Crippen LogP contribution in [0.15, 0.2) is 199 Å². The standard InChI is InChI=1S/C52H32N4O/c1-4-15-33(16-5-1)35-27-29-44-41(31-35)38-21-10-12-24-43(38)56(44)37-28-30-45-42(32-37)48-40(23-14-25-46(48)55(45)36-19-8-3-9-20-36)52-53-49(34-17-6-2-7-18-34)51-50(54-52)39-22-11-13-26-47(39)57-51/h1-32H. The normalized spacial score (nSPS) is 11.9. The molecule has 0 atom stereocenters. The third-order valence-corrected chi connectivity index (χ3v) is 11.3. The average Bonchev–Trinajstić information content (AvgIpc) is 3.94. The number of rotatable bonds is 5. The first-order chi connectivity index (χ1) is 28.3. The molecule has 57 heavy (non-hydrogen) atoms. The van der Waals surface area contributed by atoms with Crippen molar-refractivity contribution in [1.82, 2.24) is 19.1 Å². The van der Waals surface area contributed by atoms with Gasteiger partial charge in [0.15, 0.2) is 11.4 Å². The first kappa shape index (κ1) is 31.6. The first-order valence-corrected chi connectivity index (χ1v) is 19.3. The number of hydrogen-bond donors (Lipinski definition) is 0. The average molecular weight is 729 g/mol. The third-order valence-electron chi connectivity index (χ3n) is 11.3. The molecule has 0 aliphatic rings. The molecule has 0 spiro atoms. The quantitative estimate of drug-likeness (QED) is 0.177. The zero-order valence-corrected chi connectivity index (χ0v) is 30.7. The summed E-state index contributed by atoms with van der Waals surface area (Å²) in [6, 6.07) is 68.5. The summed E-state index contributed by atoms with van der Waals surface area (Å²) in [6.45, 7) is 0. The molecule has 0 aliphatic heterocycles. The van der Waals surface area contributed by atoms with E-state index in [0.717, 1.165) is 77.5 Å². The van der Waals surface area contributed by atoms with Gasteiger partial charge in [0, 0.05) is 49.4 Å². The molecule has 0 unspecified atom stereocenters. The van der Waals surface area contributed by atoms with Crippen molar-refractivity contribution in [3.05, 3.63) is 194 Å². The van der Waals surface area contributed by atoms with Gasteiger partial charge < -0.3 is 13.6 Å². The predicted octanol–water partition coefficient (Wildman–Crippen LogP) is 13.6. The van der Waals surface area contributed by atoms with Crippen LogP contribution in [0.4, 0.5) is 0 Å². The zero-order chi connectivity index (χ0) is 37.5. The highest BCUT2D eigenvalue weighted by Crippen LogP contribution is 2.42. The number of furan rings is 1. The lowest BCUT2D eigenvalue weighted by molar-refractivity contribution is 0.667. The monoisotopic (exact) mass is 728 g/mol. The highest BCUT2D eigenvalue weighted by atomic mass is 16.3. The van der Waals surface area contributed by atoms with Crippen molar-refractivity contribution in [3.63, 3.8) is 0 Å². The van der Waals surface area contributed by atoms with E-state index in [9.17, 15) is 0 Å². The topological polar surface area (TPSA) is 48.8 Å². The van der Waals surface area contributed by atoms with Crippen LogP contribution >= 0.6 is 0 Å². The first-order valence-electron chi connectivity index (χ1n) is 19.3. The lowest BCUT2D eigenvalue weighted by atomic mass is 10.0. The third kappa shape index (κ3) is 4.82. The second-order valence-electron chi connectivity index (χ2n) is 14.6. The van der Waals surface area contributed by atoms with Crippen LogP contribution in [-0.4, -0.2) is 19.1 Å². The molecule has 0 amide bonds. The summed E-state index contributed by atoms with van der Waals surface area (Å²) in [7, 11) is 0. The van der Waals surface area contributed by atoms with Crippen molar-refractivity contribution < 1.29 is 4.42 Å². The smallest absolute Gasteiger partial charge is 0.180 e. The molecule has 0 saturated heterocycles. The summed E-state index contributed by atoms with van der Waals surface area (Å²) >= 11 is 0. The molecular weight excluding hydrogens is 697 g/mol. The van der Waals surface area contributed by atoms with Gasteiger partial charge in [0.1, 0.15) is 16.8 Å². The minimum Gasteiger partial charge on any atom is -0.452 e. The summed E-state index contributed by atoms with van der Waals surface area (Å²) in [5.74, 6) is 0.654. The van der Waals surface area contributed by atoms with Gasteiger partial charge in [-0.3, -0.25) is 0 Å². The summed E-state index contributed by atoms with van der Waals surface area (Å²) in [4.78, 5) is 10.7. The van der Waals surface area contributed by atoms with Gasteiger partial charge in [-0.2, -0.15) is 0 Å². The van der Waals surface area contributed by atoms with E-state index in [4.69, 9.17) is 14.4 Å². The minimum absolute atomic E-state index is 0.654. The van der Waals surface area contributed by atoms with E-state index in [-0.39, 0.29) is 0 Å². The van der Waals surface area contributed by atoms with Gasteiger partial charge in [-0.15, -0.1) is 0 Å². The van der Waals surface area contributed by atoms with Crippen LogP contribution in [0.5, 0.6) is 0 Å². The Morgan fingerprint density at radius 1 is 0.386 bits per heavy atom. The Bertz CT molecular complexity index is 3510. The Morgan fingerprint density at radius 3 is 1.84 bits per heavy atom. The van der Waals surface area contributed by atoms with E-state index in [0.29, 0.717) is 11.4 Å². The second-order valence-corrected chi connectivity index (χ2v) is 14.6. The van der Waals surface area contributed by atoms with Gasteiger partial charge in [-0.05, 0) is 77.9 Å². The summed E-state index contributed by atoms with van der Waals surface area (Å²) < 4.78 is 11.2. The molecule has 5 nitrogen and oxygen atoms in total. The lowest BCUT2D eigenvalue weighted by Crippen LogP contribution is -1.95. The van der Waals surface area contributed by atoms with Crippen molar-refractivity contribution in [3.8, 4) is 45.1 Å². The number of aromatic nitrogens is 4. The summed E-state index contributed by atoms with van der Waals surface area (Å²) in [6.07, 6.45) is 0. The molecule has 0 aliphatic carbocycles. The van der Waals surface area contributed by atoms with E-state index in [1.165, 1.54) is 21.9 Å². The lowest BCUT2D eigenvalue weighted by Gasteiger charge is -2.10. The Kier molecular flexibility index (Phi) is 6.86. The molecule has 12 rings (SSSR count). The molecule has 266 valence electrons. The van der Waals surface area contributed by atoms with Crippen LogP contribution in [0.25, 0.3) is 111 Å². The molecule has 0 bridgehead atoms. The van der Waals surface area contributed by atoms with Crippen LogP contribution < -0.4 is 0 Å². The molecule has 0 radical (unpaired) electrons. The Labute approximate surface area is 327 Å². The number of para-hydroxylation sites is 3. The van der Waals surface area contributed by atoms with E-state index in [1.807, 2.05) is 36.4 Å². The highest BCUT2D eigenvalue weighted by molar-refractivity contribution is 6.17. The molecule has 4 heterocycles. The zero-order valence-electron chi connectivity index (χ0n) is 30.7. The maximum Gasteiger partial charge on any atom is 0.180 e. The van der Waals surface area contributed by atoms with Crippen molar-refractivity contribution in [2.75, 3.05) is 0 Å². The minimum atomic E-state index is 0.654. The molecule has 0 saturated carbocycles. The van der Waals surface area contributed by atoms with Crippen molar-refractivity contribution in [2.45, 2.75) is 0 Å². The molecule has 4 aromatic heterocycles. The Hall–Kier alpha value is -7.76. The van der Waals surface area contributed by atoms with Gasteiger partial charge in [0.25, 0.3) is 0 Å². The maximum absolute atomic E-state index is 6.48. The van der Waals surface area contributed by atoms with E-state index in [1.54, 1.807) is 0 Å². The van der Waals surface area contributed by atoms with Gasteiger partial charge in [-0.25, -0.2) is 9.97 Å². The second kappa shape index (κ2) is 12.4. The van der Waals surface area contributed by atoms with Crippen LogP contribution in [-0.2, 0) is 0 Å². The van der Waals surface area contributed by atoms with Crippen LogP contribution in [0.2, 0.25) is 0 Å². The van der Waals surface area contributed by atoms with Crippen molar-refractivity contribution in [2.24, 2.45) is 0 Å². The van der Waals surface area contributed by atoms with Gasteiger partial charge in [0.2, 0.25) is 0 Å². The predicted molar refractivity (Wildman–Crippen MR) is 234 cm³/mol. The van der Waals surface area contributed by atoms with Crippen molar-refractivity contribution in [1.29, 1.82) is 0 Å². The molecular formula is C52H32N4O. The van der Waals surface area contributed by atoms with Crippen molar-refractivity contribution >= 4 is 65.7 Å². The van der Waals surface area contributed by atoms with E-state index >= 15 is 0 Å². The fourth-order valence-electron chi connectivity index (χ4n) is 8.80. The van der Waals surface area contributed by atoms with Crippen LogP contribution in [0, 0.1) is 0 Å². The van der Waals surface area contributed by atoms with Crippen LogP contribution in [0.1, 0.15) is 0 Å². The SMILES string of the molecule is c1ccc(-c2ccc3c(c2)c2ccccc2n3-c2ccc3c(c2)c2c(-c4nc(-c5ccccc5)c5oc6ccccc6c5n4)cccc2n3-c2ccccc2)cc1. The Balaban J connectivity index is 1.16. The molecule has 0 N–H and O–H groups in total. The van der Waals surface area contributed by atoms with Gasteiger partial charge in [0.05, 0.1) is 22.1 Å². The van der Waals surface area contributed by atoms with Crippen LogP contribution in [0.3, 0.4) is 0 Å². The molecule has 0 fully saturated rings. The molecule has 12 aromatic rings. The number of benzene rings is 8. The largest absolute Gasteiger partial charge is 0.452 e. The number of nitrogens with zero attached hydrogens (tertiary/aromatic N) is 4. The van der Waals surface area contributed by atoms with Gasteiger partial charge >= 0.3 is 0 Å². The maximum atomic E-state index is 6.48. The fourth-order valence-corrected chi connectivity index (χ4v) is 8.80. The number of fused-ring (bicyclic) bond motifs is 9. The highest BCUT2D eigenvalue weighted by Gasteiger charge is 2.23. The summed E-state index contributed by atoms with van der Waals surface area (Å²) in [5.41, 5.74) is 14.1. The Morgan fingerprint density at radius 2 is 1.02 bits per heavy atom. The molecule has 5 heteroatoms. The summed E-state index contributed by atoms with van der Waals surface area (Å²) in [5, 5.41) is 5.63.